The molecule has 19 heavy (non-hydrogen) atoms. The minimum absolute atomic E-state index is 0.00102. The Kier molecular flexibility index (Phi) is 4.03. The third-order valence-electron chi connectivity index (χ3n) is 3.93. The first-order valence-electron chi connectivity index (χ1n) is 6.84. The van der Waals surface area contributed by atoms with E-state index in [0.717, 1.165) is 24.0 Å². The lowest BCUT2D eigenvalue weighted by Crippen LogP contribution is -2.32. The smallest absolute Gasteiger partial charge is 0.307 e. The van der Waals surface area contributed by atoms with E-state index in [2.05, 4.69) is 0 Å². The summed E-state index contributed by atoms with van der Waals surface area (Å²) in [5, 5.41) is 9.26. The molecule has 102 valence electrons. The summed E-state index contributed by atoms with van der Waals surface area (Å²) in [7, 11) is 0. The number of hydrogen-bond acceptors (Lipinski definition) is 2. The van der Waals surface area contributed by atoms with Crippen LogP contribution in [0, 0.1) is 25.7 Å². The minimum Gasteiger partial charge on any atom is -0.481 e. The highest BCUT2D eigenvalue weighted by Crippen LogP contribution is 2.33. The van der Waals surface area contributed by atoms with E-state index in [1.165, 1.54) is 0 Å². The Morgan fingerprint density at radius 1 is 1.00 bits per heavy atom. The van der Waals surface area contributed by atoms with E-state index in [0.29, 0.717) is 18.4 Å². The summed E-state index contributed by atoms with van der Waals surface area (Å²) in [6.07, 6.45) is 3.18. The number of benzene rings is 1. The van der Waals surface area contributed by atoms with Crippen molar-refractivity contribution in [1.82, 2.24) is 0 Å². The van der Waals surface area contributed by atoms with Crippen LogP contribution >= 0.6 is 0 Å². The van der Waals surface area contributed by atoms with Gasteiger partial charge in [0.15, 0.2) is 5.78 Å². The van der Waals surface area contributed by atoms with Gasteiger partial charge in [-0.3, -0.25) is 9.59 Å². The summed E-state index contributed by atoms with van der Waals surface area (Å²) in [6.45, 7) is 3.92. The second-order valence-electron chi connectivity index (χ2n) is 5.58. The van der Waals surface area contributed by atoms with Crippen LogP contribution < -0.4 is 0 Å². The van der Waals surface area contributed by atoms with Gasteiger partial charge in [-0.2, -0.15) is 0 Å². The number of carboxylic acids is 1. The predicted octanol–water partition coefficient (Wildman–Crippen LogP) is 3.38. The number of hydrogen-bond donors (Lipinski definition) is 1. The highest BCUT2D eigenvalue weighted by Gasteiger charge is 2.35. The van der Waals surface area contributed by atoms with Crippen molar-refractivity contribution in [3.8, 4) is 0 Å². The molecule has 1 saturated carbocycles. The lowest BCUT2D eigenvalue weighted by atomic mass is 9.75. The first-order valence-corrected chi connectivity index (χ1v) is 6.84. The van der Waals surface area contributed by atoms with E-state index < -0.39 is 11.9 Å². The van der Waals surface area contributed by atoms with Crippen LogP contribution in [0.1, 0.15) is 47.2 Å². The Morgan fingerprint density at radius 2 is 1.53 bits per heavy atom. The topological polar surface area (TPSA) is 54.4 Å². The second-order valence-corrected chi connectivity index (χ2v) is 5.58. The van der Waals surface area contributed by atoms with Crippen molar-refractivity contribution in [1.29, 1.82) is 0 Å². The van der Waals surface area contributed by atoms with E-state index in [9.17, 15) is 14.7 Å². The summed E-state index contributed by atoms with van der Waals surface area (Å²) in [4.78, 5) is 23.8. The molecule has 1 aromatic carbocycles. The summed E-state index contributed by atoms with van der Waals surface area (Å²) < 4.78 is 0. The number of carbonyl (C=O) groups is 2. The van der Waals surface area contributed by atoms with Gasteiger partial charge < -0.3 is 5.11 Å². The largest absolute Gasteiger partial charge is 0.481 e. The molecule has 0 heterocycles. The molecule has 0 aliphatic heterocycles. The van der Waals surface area contributed by atoms with E-state index in [4.69, 9.17) is 0 Å². The van der Waals surface area contributed by atoms with E-state index >= 15 is 0 Å². The van der Waals surface area contributed by atoms with Crippen molar-refractivity contribution in [3.05, 3.63) is 34.9 Å². The van der Waals surface area contributed by atoms with Gasteiger partial charge in [0.1, 0.15) is 0 Å². The van der Waals surface area contributed by atoms with Gasteiger partial charge in [0, 0.05) is 11.5 Å². The summed E-state index contributed by atoms with van der Waals surface area (Å²) in [5.74, 6) is -1.70. The van der Waals surface area contributed by atoms with Gasteiger partial charge in [-0.25, -0.2) is 0 Å². The fraction of sp³-hybridized carbons (Fsp3) is 0.500. The van der Waals surface area contributed by atoms with Crippen LogP contribution in [0.25, 0.3) is 0 Å². The molecule has 0 aromatic heterocycles. The molecule has 0 bridgehead atoms. The van der Waals surface area contributed by atoms with Gasteiger partial charge in [-0.05, 0) is 38.8 Å². The van der Waals surface area contributed by atoms with E-state index in [-0.39, 0.29) is 11.7 Å². The molecule has 1 aliphatic rings. The summed E-state index contributed by atoms with van der Waals surface area (Å²) in [5.41, 5.74) is 2.76. The number of carbonyl (C=O) groups excluding carboxylic acids is 1. The molecule has 1 aliphatic carbocycles. The predicted molar refractivity (Wildman–Crippen MR) is 73.3 cm³/mol. The molecule has 3 nitrogen and oxygen atoms in total. The highest BCUT2D eigenvalue weighted by molar-refractivity contribution is 6.00. The SMILES string of the molecule is Cc1cc(C)cc(C(=O)[C@H]2CCCC[C@H]2C(=O)O)c1. The number of aryl methyl sites for hydroxylation is 2. The van der Waals surface area contributed by atoms with Crippen LogP contribution in [-0.4, -0.2) is 16.9 Å². The zero-order valence-corrected chi connectivity index (χ0v) is 11.5. The van der Waals surface area contributed by atoms with Gasteiger partial charge in [-0.1, -0.05) is 30.0 Å². The van der Waals surface area contributed by atoms with Crippen LogP contribution in [0.5, 0.6) is 0 Å². The van der Waals surface area contributed by atoms with Crippen LogP contribution in [-0.2, 0) is 4.79 Å². The minimum atomic E-state index is -0.831. The summed E-state index contributed by atoms with van der Waals surface area (Å²) in [6, 6.07) is 5.75. The van der Waals surface area contributed by atoms with Gasteiger partial charge in [0.25, 0.3) is 0 Å². The second kappa shape index (κ2) is 5.55. The zero-order chi connectivity index (χ0) is 14.0. The molecule has 3 heteroatoms. The van der Waals surface area contributed by atoms with Crippen LogP contribution in [0.3, 0.4) is 0 Å². The van der Waals surface area contributed by atoms with Crippen molar-refractivity contribution in [2.75, 3.05) is 0 Å². The van der Waals surface area contributed by atoms with Crippen LogP contribution in [0.15, 0.2) is 18.2 Å². The zero-order valence-electron chi connectivity index (χ0n) is 11.5. The fourth-order valence-electron chi connectivity index (χ4n) is 3.07. The Morgan fingerprint density at radius 3 is 2.05 bits per heavy atom. The molecular formula is C16H20O3. The quantitative estimate of drug-likeness (QED) is 0.848. The highest BCUT2D eigenvalue weighted by atomic mass is 16.4. The molecule has 2 rings (SSSR count). The van der Waals surface area contributed by atoms with Crippen molar-refractivity contribution in [3.63, 3.8) is 0 Å². The Hall–Kier alpha value is -1.64. The third-order valence-corrected chi connectivity index (χ3v) is 3.93. The van der Waals surface area contributed by atoms with E-state index in [1.54, 1.807) is 0 Å². The lowest BCUT2D eigenvalue weighted by molar-refractivity contribution is -0.144. The molecule has 0 radical (unpaired) electrons. The standard InChI is InChI=1S/C16H20O3/c1-10-7-11(2)9-12(8-10)15(17)13-5-3-4-6-14(13)16(18)19/h7-9,13-14H,3-6H2,1-2H3,(H,18,19)/t13-,14+/m0/s1. The Bertz CT molecular complexity index is 484. The number of carboxylic acid groups (broad SMARTS) is 1. The van der Waals surface area contributed by atoms with E-state index in [1.807, 2.05) is 32.0 Å². The van der Waals surface area contributed by atoms with Gasteiger partial charge in [-0.15, -0.1) is 0 Å². The third kappa shape index (κ3) is 3.03. The normalized spacial score (nSPS) is 23.1. The number of ketones is 1. The summed E-state index contributed by atoms with van der Waals surface area (Å²) >= 11 is 0. The molecular weight excluding hydrogens is 240 g/mol. The monoisotopic (exact) mass is 260 g/mol. The molecule has 1 aromatic rings. The molecule has 0 amide bonds. The van der Waals surface area contributed by atoms with Crippen LogP contribution in [0.4, 0.5) is 0 Å². The Balaban J connectivity index is 2.28. The molecule has 1 N–H and O–H groups in total. The maximum absolute atomic E-state index is 12.6. The van der Waals surface area contributed by atoms with Crippen LogP contribution in [0.2, 0.25) is 0 Å². The van der Waals surface area contributed by atoms with Gasteiger partial charge in [0.05, 0.1) is 5.92 Å². The van der Waals surface area contributed by atoms with Crippen molar-refractivity contribution in [2.45, 2.75) is 39.5 Å². The Labute approximate surface area is 113 Å². The molecule has 1 fully saturated rings. The average Bonchev–Trinajstić information content (AvgIpc) is 2.36. The molecule has 2 atom stereocenters. The number of Topliss-reactive ketones (excluding diaryl/α,β-unsaturated/α-hetero) is 1. The molecule has 0 saturated heterocycles. The van der Waals surface area contributed by atoms with Crippen molar-refractivity contribution >= 4 is 11.8 Å². The maximum atomic E-state index is 12.6. The average molecular weight is 260 g/mol. The molecule has 0 unspecified atom stereocenters. The number of rotatable bonds is 3. The number of aliphatic carboxylic acids is 1. The van der Waals surface area contributed by atoms with Gasteiger partial charge in [0.2, 0.25) is 0 Å². The maximum Gasteiger partial charge on any atom is 0.307 e. The van der Waals surface area contributed by atoms with Crippen molar-refractivity contribution < 1.29 is 14.7 Å². The lowest BCUT2D eigenvalue weighted by Gasteiger charge is -2.27. The van der Waals surface area contributed by atoms with Crippen molar-refractivity contribution in [2.24, 2.45) is 11.8 Å². The van der Waals surface area contributed by atoms with Gasteiger partial charge >= 0.3 is 5.97 Å². The first-order chi connectivity index (χ1) is 8.99. The fourth-order valence-corrected chi connectivity index (χ4v) is 3.07. The molecule has 0 spiro atoms. The first kappa shape index (κ1) is 13.8.